The van der Waals surface area contributed by atoms with Crippen molar-refractivity contribution < 1.29 is 23.5 Å². The van der Waals surface area contributed by atoms with E-state index >= 15 is 0 Å². The molecule has 1 aromatic rings. The second-order valence-electron chi connectivity index (χ2n) is 3.98. The normalized spacial score (nSPS) is 9.86. The molecule has 0 fully saturated rings. The van der Waals surface area contributed by atoms with Crippen LogP contribution >= 0.6 is 15.9 Å². The van der Waals surface area contributed by atoms with Gasteiger partial charge in [0.05, 0.1) is 12.7 Å². The number of carbonyl (C=O) groups is 3. The summed E-state index contributed by atoms with van der Waals surface area (Å²) in [4.78, 5) is 34.0. The van der Waals surface area contributed by atoms with Gasteiger partial charge < -0.3 is 15.4 Å². The van der Waals surface area contributed by atoms with Gasteiger partial charge in [0.25, 0.3) is 5.91 Å². The number of hydrogen-bond donors (Lipinski definition) is 2. The predicted molar refractivity (Wildman–Crippen MR) is 76.1 cm³/mol. The molecule has 0 unspecified atom stereocenters. The number of amides is 2. The van der Waals surface area contributed by atoms with Crippen LogP contribution in [0, 0.1) is 5.82 Å². The minimum atomic E-state index is -0.559. The molecule has 1 aromatic carbocycles. The molecular weight excluding hydrogens is 347 g/mol. The van der Waals surface area contributed by atoms with Crippen molar-refractivity contribution in [2.24, 2.45) is 0 Å². The zero-order chi connectivity index (χ0) is 15.8. The Labute approximate surface area is 129 Å². The fourth-order valence-electron chi connectivity index (χ4n) is 1.39. The fourth-order valence-corrected chi connectivity index (χ4v) is 1.81. The molecule has 114 valence electrons. The van der Waals surface area contributed by atoms with E-state index in [0.717, 1.165) is 6.07 Å². The highest BCUT2D eigenvalue weighted by molar-refractivity contribution is 9.10. The Bertz CT molecular complexity index is 551. The summed E-state index contributed by atoms with van der Waals surface area (Å²) in [5.74, 6) is -1.99. The van der Waals surface area contributed by atoms with Gasteiger partial charge in [0.15, 0.2) is 0 Å². The summed E-state index contributed by atoms with van der Waals surface area (Å²) in [5, 5.41) is 4.82. The maximum absolute atomic E-state index is 13.1. The third kappa shape index (κ3) is 5.90. The molecule has 0 heterocycles. The van der Waals surface area contributed by atoms with Gasteiger partial charge in [-0.05, 0) is 34.1 Å². The van der Waals surface area contributed by atoms with Crippen molar-refractivity contribution in [2.45, 2.75) is 6.42 Å². The molecule has 0 spiro atoms. The van der Waals surface area contributed by atoms with Crippen molar-refractivity contribution in [1.82, 2.24) is 10.6 Å². The minimum Gasteiger partial charge on any atom is -0.468 e. The highest BCUT2D eigenvalue weighted by Gasteiger charge is 2.11. The van der Waals surface area contributed by atoms with E-state index in [2.05, 4.69) is 31.3 Å². The lowest BCUT2D eigenvalue weighted by atomic mass is 10.2. The molecule has 0 radical (unpaired) electrons. The maximum Gasteiger partial charge on any atom is 0.325 e. The first-order chi connectivity index (χ1) is 9.93. The van der Waals surface area contributed by atoms with Gasteiger partial charge in [-0.3, -0.25) is 14.4 Å². The summed E-state index contributed by atoms with van der Waals surface area (Å²) >= 11 is 3.14. The Morgan fingerprint density at radius 1 is 1.29 bits per heavy atom. The first-order valence-corrected chi connectivity index (χ1v) is 6.80. The smallest absolute Gasteiger partial charge is 0.325 e. The molecule has 0 aliphatic carbocycles. The molecule has 0 atom stereocenters. The van der Waals surface area contributed by atoms with Crippen molar-refractivity contribution in [3.63, 3.8) is 0 Å². The first kappa shape index (κ1) is 17.1. The number of nitrogens with one attached hydrogen (secondary N) is 2. The molecule has 6 nitrogen and oxygen atoms in total. The van der Waals surface area contributed by atoms with Crippen LogP contribution < -0.4 is 10.6 Å². The molecular formula is C13H14BrFN2O4. The number of benzene rings is 1. The third-order valence-corrected chi connectivity index (χ3v) is 3.16. The van der Waals surface area contributed by atoms with E-state index in [1.54, 1.807) is 0 Å². The minimum absolute atomic E-state index is 0.00430. The largest absolute Gasteiger partial charge is 0.468 e. The van der Waals surface area contributed by atoms with Crippen molar-refractivity contribution >= 4 is 33.7 Å². The van der Waals surface area contributed by atoms with Gasteiger partial charge in [0, 0.05) is 17.4 Å². The molecule has 8 heteroatoms. The Balaban J connectivity index is 2.38. The second-order valence-corrected chi connectivity index (χ2v) is 4.84. The standard InChI is InChI=1S/C13H14BrFN2O4/c1-21-12(19)7-17-11(18)4-5-16-13(20)9-6-8(15)2-3-10(9)14/h2-3,6H,4-5,7H2,1H3,(H,16,20)(H,17,18). The number of rotatable bonds is 6. The molecule has 1 rings (SSSR count). The average Bonchev–Trinajstić information content (AvgIpc) is 2.47. The van der Waals surface area contributed by atoms with Gasteiger partial charge in [-0.25, -0.2) is 4.39 Å². The van der Waals surface area contributed by atoms with Gasteiger partial charge in [-0.2, -0.15) is 0 Å². The van der Waals surface area contributed by atoms with E-state index in [0.29, 0.717) is 4.47 Å². The highest BCUT2D eigenvalue weighted by atomic mass is 79.9. The van der Waals surface area contributed by atoms with Crippen molar-refractivity contribution in [1.29, 1.82) is 0 Å². The van der Waals surface area contributed by atoms with Crippen LogP contribution in [0.2, 0.25) is 0 Å². The highest BCUT2D eigenvalue weighted by Crippen LogP contribution is 2.17. The molecule has 21 heavy (non-hydrogen) atoms. The van der Waals surface area contributed by atoms with E-state index < -0.39 is 23.6 Å². The predicted octanol–water partition coefficient (Wildman–Crippen LogP) is 0.997. The van der Waals surface area contributed by atoms with Crippen LogP contribution in [0.4, 0.5) is 4.39 Å². The van der Waals surface area contributed by atoms with Crippen molar-refractivity contribution in [3.8, 4) is 0 Å². The number of carbonyl (C=O) groups excluding carboxylic acids is 3. The maximum atomic E-state index is 13.1. The number of ether oxygens (including phenoxy) is 1. The Kier molecular flexibility index (Phi) is 6.80. The molecule has 0 aliphatic rings. The zero-order valence-corrected chi connectivity index (χ0v) is 12.8. The van der Waals surface area contributed by atoms with Crippen LogP contribution in [0.5, 0.6) is 0 Å². The quantitative estimate of drug-likeness (QED) is 0.741. The summed E-state index contributed by atoms with van der Waals surface area (Å²) in [6.07, 6.45) is -0.00430. The van der Waals surface area contributed by atoms with Crippen LogP contribution in [-0.2, 0) is 14.3 Å². The molecule has 0 saturated heterocycles. The summed E-state index contributed by atoms with van der Waals surface area (Å²) in [6, 6.07) is 3.74. The van der Waals surface area contributed by atoms with Crippen molar-refractivity contribution in [2.75, 3.05) is 20.2 Å². The SMILES string of the molecule is COC(=O)CNC(=O)CCNC(=O)c1cc(F)ccc1Br. The monoisotopic (exact) mass is 360 g/mol. The average molecular weight is 361 g/mol. The summed E-state index contributed by atoms with van der Waals surface area (Å²) in [6.45, 7) is -0.159. The van der Waals surface area contributed by atoms with Gasteiger partial charge in [-0.1, -0.05) is 0 Å². The molecule has 0 aromatic heterocycles. The zero-order valence-electron chi connectivity index (χ0n) is 11.2. The van der Waals surface area contributed by atoms with Gasteiger partial charge in [-0.15, -0.1) is 0 Å². The molecule has 2 amide bonds. The summed E-state index contributed by atoms with van der Waals surface area (Å²) in [5.41, 5.74) is 0.143. The topological polar surface area (TPSA) is 84.5 Å². The lowest BCUT2D eigenvalue weighted by molar-refractivity contribution is -0.141. The van der Waals surface area contributed by atoms with Gasteiger partial charge in [0.2, 0.25) is 5.91 Å². The van der Waals surface area contributed by atoms with E-state index in [1.165, 1.54) is 19.2 Å². The first-order valence-electron chi connectivity index (χ1n) is 6.00. The number of hydrogen-bond acceptors (Lipinski definition) is 4. The van der Waals surface area contributed by atoms with Crippen LogP contribution in [0.25, 0.3) is 0 Å². The van der Waals surface area contributed by atoms with Crippen LogP contribution in [-0.4, -0.2) is 38.0 Å². The molecule has 2 N–H and O–H groups in total. The fraction of sp³-hybridized carbons (Fsp3) is 0.308. The number of methoxy groups -OCH3 is 1. The molecule has 0 aliphatic heterocycles. The van der Waals surface area contributed by atoms with E-state index in [9.17, 15) is 18.8 Å². The lowest BCUT2D eigenvalue weighted by Gasteiger charge is -2.07. The Morgan fingerprint density at radius 2 is 2.00 bits per heavy atom. The van der Waals surface area contributed by atoms with Gasteiger partial charge in [0.1, 0.15) is 12.4 Å². The van der Waals surface area contributed by atoms with Crippen LogP contribution in [0.1, 0.15) is 16.8 Å². The number of esters is 1. The van der Waals surface area contributed by atoms with Crippen LogP contribution in [0.3, 0.4) is 0 Å². The Morgan fingerprint density at radius 3 is 2.67 bits per heavy atom. The van der Waals surface area contributed by atoms with E-state index in [1.807, 2.05) is 0 Å². The van der Waals surface area contributed by atoms with E-state index in [-0.39, 0.29) is 25.1 Å². The van der Waals surface area contributed by atoms with Crippen LogP contribution in [0.15, 0.2) is 22.7 Å². The summed E-state index contributed by atoms with van der Waals surface area (Å²) < 4.78 is 17.9. The van der Waals surface area contributed by atoms with Crippen molar-refractivity contribution in [3.05, 3.63) is 34.1 Å². The van der Waals surface area contributed by atoms with E-state index in [4.69, 9.17) is 0 Å². The lowest BCUT2D eigenvalue weighted by Crippen LogP contribution is -2.33. The molecule has 0 saturated carbocycles. The van der Waals surface area contributed by atoms with Gasteiger partial charge >= 0.3 is 5.97 Å². The Hall–Kier alpha value is -1.96. The number of halogens is 2. The third-order valence-electron chi connectivity index (χ3n) is 2.47. The second kappa shape index (κ2) is 8.35. The summed E-state index contributed by atoms with van der Waals surface area (Å²) in [7, 11) is 1.21. The molecule has 0 bridgehead atoms.